The number of nitrogens with zero attached hydrogens (tertiary/aromatic N) is 2. The molecule has 0 bridgehead atoms. The lowest BCUT2D eigenvalue weighted by atomic mass is 9.94. The van der Waals surface area contributed by atoms with E-state index in [0.717, 1.165) is 38.2 Å². The standard InChI is InChI=1S/C24H40N2O4/c1-25(20-7-5-4-6-8-20)17-21(27)18-30-23-10-9-19(15-24(23)29-3)16-26-13-11-22(28-2)12-14-26/h9-10,15,20-22,27H,4-8,11-14,16-18H2,1-3H3/t21-/m0/s1. The molecule has 1 aliphatic heterocycles. The summed E-state index contributed by atoms with van der Waals surface area (Å²) in [6.07, 6.45) is 8.48. The monoisotopic (exact) mass is 420 g/mol. The van der Waals surface area contributed by atoms with Crippen LogP contribution in [0.2, 0.25) is 0 Å². The summed E-state index contributed by atoms with van der Waals surface area (Å²) in [5.74, 6) is 1.42. The molecule has 1 atom stereocenters. The Morgan fingerprint density at radius 3 is 2.47 bits per heavy atom. The Balaban J connectivity index is 1.47. The van der Waals surface area contributed by atoms with Crippen LogP contribution in [-0.4, -0.2) is 80.7 Å². The van der Waals surface area contributed by atoms with Gasteiger partial charge in [-0.25, -0.2) is 0 Å². The largest absolute Gasteiger partial charge is 0.493 e. The zero-order valence-electron chi connectivity index (χ0n) is 19.0. The molecule has 1 saturated heterocycles. The molecule has 0 unspecified atom stereocenters. The molecule has 1 aromatic rings. The molecule has 1 aromatic carbocycles. The number of likely N-dealkylation sites (tertiary alicyclic amines) is 1. The van der Waals surface area contributed by atoms with Crippen molar-refractivity contribution in [2.45, 2.75) is 69.7 Å². The van der Waals surface area contributed by atoms with Crippen molar-refractivity contribution in [3.63, 3.8) is 0 Å². The Morgan fingerprint density at radius 1 is 1.07 bits per heavy atom. The molecule has 1 N–H and O–H groups in total. The lowest BCUT2D eigenvalue weighted by Crippen LogP contribution is -2.40. The summed E-state index contributed by atoms with van der Waals surface area (Å²) in [5.41, 5.74) is 1.22. The molecule has 6 heteroatoms. The lowest BCUT2D eigenvalue weighted by Gasteiger charge is -2.32. The van der Waals surface area contributed by atoms with Crippen molar-refractivity contribution in [3.8, 4) is 11.5 Å². The van der Waals surface area contributed by atoms with Crippen LogP contribution in [0.25, 0.3) is 0 Å². The van der Waals surface area contributed by atoms with Gasteiger partial charge in [0.25, 0.3) is 0 Å². The van der Waals surface area contributed by atoms with Gasteiger partial charge in [-0.3, -0.25) is 4.90 Å². The number of piperidine rings is 1. The molecule has 0 aromatic heterocycles. The second kappa shape index (κ2) is 11.9. The molecule has 0 spiro atoms. The van der Waals surface area contributed by atoms with Gasteiger partial charge in [0.05, 0.1) is 13.2 Å². The van der Waals surface area contributed by atoms with E-state index in [1.165, 1.54) is 37.7 Å². The fourth-order valence-electron chi connectivity index (χ4n) is 4.73. The van der Waals surface area contributed by atoms with Crippen LogP contribution in [0.1, 0.15) is 50.5 Å². The highest BCUT2D eigenvalue weighted by Crippen LogP contribution is 2.29. The quantitative estimate of drug-likeness (QED) is 0.627. The fraction of sp³-hybridized carbons (Fsp3) is 0.750. The third-order valence-electron chi connectivity index (χ3n) is 6.63. The molecular formula is C24H40N2O4. The molecule has 2 aliphatic rings. The fourth-order valence-corrected chi connectivity index (χ4v) is 4.73. The van der Waals surface area contributed by atoms with Crippen molar-refractivity contribution >= 4 is 0 Å². The average molecular weight is 421 g/mol. The summed E-state index contributed by atoms with van der Waals surface area (Å²) in [5, 5.41) is 10.5. The number of methoxy groups -OCH3 is 2. The van der Waals surface area contributed by atoms with Gasteiger partial charge in [-0.1, -0.05) is 25.3 Å². The first kappa shape index (κ1) is 23.3. The van der Waals surface area contributed by atoms with Gasteiger partial charge < -0.3 is 24.2 Å². The van der Waals surface area contributed by atoms with Crippen molar-refractivity contribution in [3.05, 3.63) is 23.8 Å². The van der Waals surface area contributed by atoms with Crippen LogP contribution in [-0.2, 0) is 11.3 Å². The van der Waals surface area contributed by atoms with Gasteiger partial charge in [-0.05, 0) is 50.4 Å². The van der Waals surface area contributed by atoms with E-state index in [0.29, 0.717) is 24.4 Å². The summed E-state index contributed by atoms with van der Waals surface area (Å²) in [6, 6.07) is 6.71. The highest BCUT2D eigenvalue weighted by Gasteiger charge is 2.21. The maximum Gasteiger partial charge on any atom is 0.161 e. The third-order valence-corrected chi connectivity index (χ3v) is 6.63. The van der Waals surface area contributed by atoms with E-state index in [2.05, 4.69) is 29.0 Å². The van der Waals surface area contributed by atoms with Crippen LogP contribution in [0.5, 0.6) is 11.5 Å². The van der Waals surface area contributed by atoms with Crippen LogP contribution in [0.3, 0.4) is 0 Å². The molecule has 1 heterocycles. The highest BCUT2D eigenvalue weighted by atomic mass is 16.5. The maximum absolute atomic E-state index is 10.5. The first-order valence-electron chi connectivity index (χ1n) is 11.5. The van der Waals surface area contributed by atoms with Crippen LogP contribution in [0.4, 0.5) is 0 Å². The summed E-state index contributed by atoms with van der Waals surface area (Å²) in [4.78, 5) is 4.75. The molecule has 1 saturated carbocycles. The first-order chi connectivity index (χ1) is 14.6. The van der Waals surface area contributed by atoms with E-state index in [1.807, 2.05) is 6.07 Å². The molecule has 30 heavy (non-hydrogen) atoms. The lowest BCUT2D eigenvalue weighted by molar-refractivity contribution is 0.0388. The summed E-state index contributed by atoms with van der Waals surface area (Å²) in [6.45, 7) is 3.93. The highest BCUT2D eigenvalue weighted by molar-refractivity contribution is 5.43. The van der Waals surface area contributed by atoms with E-state index in [-0.39, 0.29) is 6.61 Å². The SMILES string of the molecule is COc1cc(CN2CCC(OC)CC2)ccc1OC[C@@H](O)CN(C)C1CCCCC1. The predicted octanol–water partition coefficient (Wildman–Crippen LogP) is 3.31. The number of aliphatic hydroxyl groups excluding tert-OH is 1. The van der Waals surface area contributed by atoms with Crippen LogP contribution >= 0.6 is 0 Å². The van der Waals surface area contributed by atoms with Gasteiger partial charge in [0, 0.05) is 39.3 Å². The summed E-state index contributed by atoms with van der Waals surface area (Å²) < 4.78 is 16.9. The first-order valence-corrected chi connectivity index (χ1v) is 11.5. The Bertz CT molecular complexity index is 628. The van der Waals surface area contributed by atoms with Gasteiger partial charge in [0.15, 0.2) is 11.5 Å². The summed E-state index contributed by atoms with van der Waals surface area (Å²) >= 11 is 0. The van der Waals surface area contributed by atoms with E-state index < -0.39 is 6.10 Å². The van der Waals surface area contributed by atoms with Gasteiger partial charge in [-0.2, -0.15) is 0 Å². The van der Waals surface area contributed by atoms with E-state index in [9.17, 15) is 5.11 Å². The van der Waals surface area contributed by atoms with Gasteiger partial charge in [-0.15, -0.1) is 0 Å². The van der Waals surface area contributed by atoms with E-state index in [4.69, 9.17) is 14.2 Å². The minimum absolute atomic E-state index is 0.275. The van der Waals surface area contributed by atoms with Crippen molar-refractivity contribution < 1.29 is 19.3 Å². The number of aliphatic hydroxyl groups is 1. The topological polar surface area (TPSA) is 54.4 Å². The molecule has 2 fully saturated rings. The van der Waals surface area contributed by atoms with Crippen LogP contribution < -0.4 is 9.47 Å². The second-order valence-corrected chi connectivity index (χ2v) is 8.89. The van der Waals surface area contributed by atoms with Crippen LogP contribution in [0, 0.1) is 0 Å². The molecule has 1 aliphatic carbocycles. The second-order valence-electron chi connectivity index (χ2n) is 8.89. The minimum Gasteiger partial charge on any atom is -0.493 e. The molecule has 0 radical (unpaired) electrons. The van der Waals surface area contributed by atoms with Crippen molar-refractivity contribution in [2.24, 2.45) is 0 Å². The molecule has 3 rings (SSSR count). The number of likely N-dealkylation sites (N-methyl/N-ethyl adjacent to an activating group) is 1. The Hall–Kier alpha value is -1.34. The predicted molar refractivity (Wildman–Crippen MR) is 119 cm³/mol. The molecule has 6 nitrogen and oxygen atoms in total. The number of rotatable bonds is 10. The average Bonchev–Trinajstić information content (AvgIpc) is 2.79. The Kier molecular flexibility index (Phi) is 9.25. The van der Waals surface area contributed by atoms with Gasteiger partial charge in [0.1, 0.15) is 12.7 Å². The van der Waals surface area contributed by atoms with Crippen molar-refractivity contribution in [1.29, 1.82) is 0 Å². The molecule has 0 amide bonds. The Labute approximate surface area is 182 Å². The maximum atomic E-state index is 10.5. The molecular weight excluding hydrogens is 380 g/mol. The normalized spacial score (nSPS) is 20.4. The zero-order chi connectivity index (χ0) is 21.3. The van der Waals surface area contributed by atoms with Gasteiger partial charge in [0.2, 0.25) is 0 Å². The zero-order valence-corrected chi connectivity index (χ0v) is 19.0. The number of ether oxygens (including phenoxy) is 3. The number of hydrogen-bond donors (Lipinski definition) is 1. The number of benzene rings is 1. The Morgan fingerprint density at radius 2 is 1.80 bits per heavy atom. The van der Waals surface area contributed by atoms with Crippen molar-refractivity contribution in [2.75, 3.05) is 47.5 Å². The van der Waals surface area contributed by atoms with Crippen molar-refractivity contribution in [1.82, 2.24) is 9.80 Å². The van der Waals surface area contributed by atoms with E-state index >= 15 is 0 Å². The smallest absolute Gasteiger partial charge is 0.161 e. The minimum atomic E-state index is -0.511. The number of hydrogen-bond acceptors (Lipinski definition) is 6. The molecule has 170 valence electrons. The third kappa shape index (κ3) is 6.84. The van der Waals surface area contributed by atoms with Crippen LogP contribution in [0.15, 0.2) is 18.2 Å². The van der Waals surface area contributed by atoms with E-state index in [1.54, 1.807) is 14.2 Å². The van der Waals surface area contributed by atoms with Gasteiger partial charge >= 0.3 is 0 Å². The summed E-state index contributed by atoms with van der Waals surface area (Å²) in [7, 11) is 5.59.